The molecule has 34 heavy (non-hydrogen) atoms. The van der Waals surface area contributed by atoms with Crippen LogP contribution in [0.5, 0.6) is 11.5 Å². The van der Waals surface area contributed by atoms with Crippen molar-refractivity contribution in [2.24, 2.45) is 11.8 Å². The maximum absolute atomic E-state index is 6.56. The first-order valence-electron chi connectivity index (χ1n) is 13.2. The quantitative estimate of drug-likeness (QED) is 0.195. The molecule has 0 fully saturated rings. The third-order valence-corrected chi connectivity index (χ3v) is 8.50. The lowest BCUT2D eigenvalue weighted by atomic mass is 10.00. The molecule has 0 aliphatic heterocycles. The van der Waals surface area contributed by atoms with Crippen LogP contribution in [-0.2, 0) is 0 Å². The molecule has 4 heteroatoms. The molecule has 0 spiro atoms. The van der Waals surface area contributed by atoms with Gasteiger partial charge in [0.2, 0.25) is 0 Å². The SMILES string of the molecule is CCCCC(CC)COc1cc(-c2cccs2)c(OCC(CC)CCCC)cc1-c1cccs1. The van der Waals surface area contributed by atoms with Crippen LogP contribution in [0.3, 0.4) is 0 Å². The Kier molecular flexibility index (Phi) is 11.5. The van der Waals surface area contributed by atoms with Gasteiger partial charge in [-0.2, -0.15) is 0 Å². The predicted molar refractivity (Wildman–Crippen MR) is 151 cm³/mol. The Bertz CT molecular complexity index is 853. The third-order valence-electron chi connectivity index (χ3n) is 6.69. The summed E-state index contributed by atoms with van der Waals surface area (Å²) in [6, 6.07) is 13.1. The zero-order valence-corrected chi connectivity index (χ0v) is 23.1. The van der Waals surface area contributed by atoms with Gasteiger partial charge >= 0.3 is 0 Å². The lowest BCUT2D eigenvalue weighted by molar-refractivity contribution is 0.229. The Morgan fingerprint density at radius 1 is 0.676 bits per heavy atom. The van der Waals surface area contributed by atoms with Gasteiger partial charge in [-0.15, -0.1) is 22.7 Å². The molecule has 2 unspecified atom stereocenters. The molecule has 0 bridgehead atoms. The van der Waals surface area contributed by atoms with Gasteiger partial charge in [0.25, 0.3) is 0 Å². The zero-order valence-electron chi connectivity index (χ0n) is 21.5. The van der Waals surface area contributed by atoms with Crippen LogP contribution in [-0.4, -0.2) is 13.2 Å². The zero-order chi connectivity index (χ0) is 24.2. The first kappa shape index (κ1) is 26.8. The van der Waals surface area contributed by atoms with Gasteiger partial charge < -0.3 is 9.47 Å². The van der Waals surface area contributed by atoms with E-state index in [-0.39, 0.29) is 0 Å². The van der Waals surface area contributed by atoms with Gasteiger partial charge in [-0.05, 0) is 59.7 Å². The van der Waals surface area contributed by atoms with Crippen molar-refractivity contribution < 1.29 is 9.47 Å². The predicted octanol–water partition coefficient (Wildman–Crippen LogP) is 10.3. The van der Waals surface area contributed by atoms with E-state index in [1.165, 1.54) is 48.3 Å². The molecule has 2 heterocycles. The van der Waals surface area contributed by atoms with Gasteiger partial charge in [-0.25, -0.2) is 0 Å². The highest BCUT2D eigenvalue weighted by Crippen LogP contribution is 2.44. The largest absolute Gasteiger partial charge is 0.493 e. The molecule has 2 nitrogen and oxygen atoms in total. The summed E-state index contributed by atoms with van der Waals surface area (Å²) >= 11 is 3.53. The van der Waals surface area contributed by atoms with Gasteiger partial charge in [-0.3, -0.25) is 0 Å². The van der Waals surface area contributed by atoms with Gasteiger partial charge in [0.1, 0.15) is 11.5 Å². The van der Waals surface area contributed by atoms with E-state index in [9.17, 15) is 0 Å². The van der Waals surface area contributed by atoms with E-state index < -0.39 is 0 Å². The molecular weight excluding hydrogens is 456 g/mol. The average molecular weight is 499 g/mol. The normalized spacial score (nSPS) is 13.1. The van der Waals surface area contributed by atoms with Crippen LogP contribution in [0, 0.1) is 11.8 Å². The summed E-state index contributed by atoms with van der Waals surface area (Å²) in [4.78, 5) is 2.47. The van der Waals surface area contributed by atoms with E-state index >= 15 is 0 Å². The van der Waals surface area contributed by atoms with Gasteiger partial charge in [0, 0.05) is 20.9 Å². The van der Waals surface area contributed by atoms with Crippen LogP contribution in [0.4, 0.5) is 0 Å². The summed E-state index contributed by atoms with van der Waals surface area (Å²) in [5.41, 5.74) is 2.30. The van der Waals surface area contributed by atoms with Crippen LogP contribution in [0.15, 0.2) is 47.2 Å². The minimum atomic E-state index is 0.598. The molecule has 0 saturated carbocycles. The molecule has 0 aliphatic rings. The number of thiophene rings is 2. The molecule has 1 aromatic carbocycles. The van der Waals surface area contributed by atoms with Crippen LogP contribution >= 0.6 is 22.7 Å². The maximum Gasteiger partial charge on any atom is 0.128 e. The lowest BCUT2D eigenvalue weighted by Crippen LogP contribution is -2.13. The highest BCUT2D eigenvalue weighted by atomic mass is 32.1. The Morgan fingerprint density at radius 2 is 1.12 bits per heavy atom. The fourth-order valence-corrected chi connectivity index (χ4v) is 5.75. The molecule has 0 radical (unpaired) electrons. The smallest absolute Gasteiger partial charge is 0.128 e. The van der Waals surface area contributed by atoms with Gasteiger partial charge in [0.05, 0.1) is 13.2 Å². The monoisotopic (exact) mass is 498 g/mol. The first-order valence-corrected chi connectivity index (χ1v) is 15.0. The minimum absolute atomic E-state index is 0.598. The number of ether oxygens (including phenoxy) is 2. The van der Waals surface area contributed by atoms with Gasteiger partial charge in [0.15, 0.2) is 0 Å². The second-order valence-electron chi connectivity index (χ2n) is 9.25. The standard InChI is InChI=1S/C30H42O2S2/c1-5-9-13-23(7-3)21-31-27-19-26(30-16-12-18-34-30)28(20-25(27)29-15-11-17-33-29)32-22-24(8-4)14-10-6-2/h11-12,15-20,23-24H,5-10,13-14,21-22H2,1-4H3. The van der Waals surface area contributed by atoms with E-state index in [1.807, 2.05) is 0 Å². The minimum Gasteiger partial charge on any atom is -0.493 e. The summed E-state index contributed by atoms with van der Waals surface area (Å²) in [6.45, 7) is 10.6. The molecule has 3 rings (SSSR count). The molecule has 0 amide bonds. The molecule has 186 valence electrons. The van der Waals surface area contributed by atoms with Crippen molar-refractivity contribution in [2.75, 3.05) is 13.2 Å². The maximum atomic E-state index is 6.56. The fraction of sp³-hybridized carbons (Fsp3) is 0.533. The van der Waals surface area contributed by atoms with E-state index in [1.54, 1.807) is 22.7 Å². The highest BCUT2D eigenvalue weighted by molar-refractivity contribution is 7.14. The summed E-state index contributed by atoms with van der Waals surface area (Å²) < 4.78 is 13.1. The Labute approximate surface area is 215 Å². The van der Waals surface area contributed by atoms with Crippen molar-refractivity contribution >= 4 is 22.7 Å². The van der Waals surface area contributed by atoms with E-state index in [0.717, 1.165) is 48.7 Å². The van der Waals surface area contributed by atoms with Gasteiger partial charge in [-0.1, -0.05) is 78.4 Å². The Morgan fingerprint density at radius 3 is 1.44 bits per heavy atom. The highest BCUT2D eigenvalue weighted by Gasteiger charge is 2.19. The molecule has 2 aromatic heterocycles. The summed E-state index contributed by atoms with van der Waals surface area (Å²) in [6.07, 6.45) is 9.79. The topological polar surface area (TPSA) is 18.5 Å². The molecule has 0 aliphatic carbocycles. The second-order valence-corrected chi connectivity index (χ2v) is 11.1. The fourth-order valence-electron chi connectivity index (χ4n) is 4.26. The molecule has 0 N–H and O–H groups in total. The van der Waals surface area contributed by atoms with Crippen molar-refractivity contribution in [1.82, 2.24) is 0 Å². The van der Waals surface area contributed by atoms with E-state index in [4.69, 9.17) is 9.47 Å². The van der Waals surface area contributed by atoms with Crippen LogP contribution in [0.2, 0.25) is 0 Å². The van der Waals surface area contributed by atoms with E-state index in [0.29, 0.717) is 11.8 Å². The number of rotatable bonds is 16. The van der Waals surface area contributed by atoms with Crippen LogP contribution < -0.4 is 9.47 Å². The number of hydrogen-bond acceptors (Lipinski definition) is 4. The van der Waals surface area contributed by atoms with E-state index in [2.05, 4.69) is 74.9 Å². The summed E-state index contributed by atoms with van der Waals surface area (Å²) in [5, 5.41) is 4.28. The third kappa shape index (κ3) is 7.61. The summed E-state index contributed by atoms with van der Waals surface area (Å²) in [5.74, 6) is 3.15. The number of hydrogen-bond donors (Lipinski definition) is 0. The molecule has 3 aromatic rings. The number of unbranched alkanes of at least 4 members (excludes halogenated alkanes) is 2. The second kappa shape index (κ2) is 14.6. The summed E-state index contributed by atoms with van der Waals surface area (Å²) in [7, 11) is 0. The molecule has 2 atom stereocenters. The number of benzene rings is 1. The van der Waals surface area contributed by atoms with Crippen molar-refractivity contribution in [2.45, 2.75) is 79.1 Å². The molecule has 0 saturated heterocycles. The van der Waals surface area contributed by atoms with Crippen molar-refractivity contribution in [3.05, 3.63) is 47.2 Å². The van der Waals surface area contributed by atoms with Crippen molar-refractivity contribution in [3.8, 4) is 32.4 Å². The van der Waals surface area contributed by atoms with Crippen LogP contribution in [0.1, 0.15) is 79.1 Å². The van der Waals surface area contributed by atoms with Crippen molar-refractivity contribution in [3.63, 3.8) is 0 Å². The average Bonchev–Trinajstić information content (AvgIpc) is 3.59. The lowest BCUT2D eigenvalue weighted by Gasteiger charge is -2.21. The molecular formula is C30H42O2S2. The first-order chi connectivity index (χ1) is 16.7. The van der Waals surface area contributed by atoms with Crippen molar-refractivity contribution in [1.29, 1.82) is 0 Å². The Hall–Kier alpha value is -1.78. The Balaban J connectivity index is 1.93. The van der Waals surface area contributed by atoms with Crippen LogP contribution in [0.25, 0.3) is 20.9 Å².